The fourth-order valence-electron chi connectivity index (χ4n) is 3.55. The highest BCUT2D eigenvalue weighted by atomic mass is 35.5. The van der Waals surface area contributed by atoms with Crippen molar-refractivity contribution in [3.05, 3.63) is 108 Å². The van der Waals surface area contributed by atoms with E-state index in [1.807, 2.05) is 72.8 Å². The number of fused-ring (bicyclic) bond motifs is 1. The number of benzene rings is 4. The van der Waals surface area contributed by atoms with Gasteiger partial charge in [-0.15, -0.1) is 0 Å². The second-order valence-corrected chi connectivity index (χ2v) is 7.24. The van der Waals surface area contributed by atoms with Gasteiger partial charge in [0.05, 0.1) is 11.4 Å². The van der Waals surface area contributed by atoms with Gasteiger partial charge in [-0.25, -0.2) is 9.97 Å². The van der Waals surface area contributed by atoms with Crippen molar-refractivity contribution in [2.45, 2.75) is 0 Å². The predicted octanol–water partition coefficient (Wildman–Crippen LogP) is 7.28. The normalized spacial score (nSPS) is 10.9. The van der Waals surface area contributed by atoms with Gasteiger partial charge in [0.25, 0.3) is 0 Å². The Hall–Kier alpha value is -3.49. The van der Waals surface area contributed by atoms with Crippen LogP contribution < -0.4 is 0 Å². The van der Waals surface area contributed by atoms with E-state index in [2.05, 4.69) is 30.3 Å². The highest BCUT2D eigenvalue weighted by molar-refractivity contribution is 6.35. The predicted molar refractivity (Wildman–Crippen MR) is 121 cm³/mol. The number of aromatic nitrogens is 2. The molecule has 2 nitrogen and oxygen atoms in total. The van der Waals surface area contributed by atoms with Crippen molar-refractivity contribution in [3.63, 3.8) is 0 Å². The Morgan fingerprint density at radius 1 is 0.517 bits per heavy atom. The van der Waals surface area contributed by atoms with Crippen molar-refractivity contribution in [1.29, 1.82) is 0 Å². The van der Waals surface area contributed by atoms with Crippen LogP contribution in [0.25, 0.3) is 44.7 Å². The number of hydrogen-bond donors (Lipinski definition) is 0. The van der Waals surface area contributed by atoms with Crippen LogP contribution in [-0.4, -0.2) is 9.97 Å². The van der Waals surface area contributed by atoms with Gasteiger partial charge in [-0.2, -0.15) is 0 Å². The number of hydrogen-bond acceptors (Lipinski definition) is 2. The Labute approximate surface area is 174 Å². The molecular weight excluding hydrogens is 376 g/mol. The lowest BCUT2D eigenvalue weighted by atomic mass is 10.0. The van der Waals surface area contributed by atoms with E-state index in [9.17, 15) is 0 Å². The maximum Gasteiger partial charge on any atom is 0.160 e. The van der Waals surface area contributed by atoms with Crippen molar-refractivity contribution in [1.82, 2.24) is 9.97 Å². The average Bonchev–Trinajstić information content (AvgIpc) is 2.80. The molecule has 0 saturated heterocycles. The van der Waals surface area contributed by atoms with Gasteiger partial charge < -0.3 is 0 Å². The minimum absolute atomic E-state index is 0.709. The molecule has 0 aliphatic heterocycles. The molecule has 1 heterocycles. The van der Waals surface area contributed by atoms with Crippen molar-refractivity contribution in [3.8, 4) is 33.9 Å². The summed E-state index contributed by atoms with van der Waals surface area (Å²) in [6, 6.07) is 34.5. The van der Waals surface area contributed by atoms with Gasteiger partial charge in [0, 0.05) is 27.1 Å². The fraction of sp³-hybridized carbons (Fsp3) is 0. The quantitative estimate of drug-likeness (QED) is 0.322. The van der Waals surface area contributed by atoms with Crippen molar-refractivity contribution < 1.29 is 0 Å². The third-order valence-corrected chi connectivity index (χ3v) is 5.30. The SMILES string of the molecule is Clc1cccc2c(-c3cc(-c4ccccc4)nc(-c4ccccc4)n3)cccc12. The van der Waals surface area contributed by atoms with Gasteiger partial charge in [0.1, 0.15) is 0 Å². The zero-order valence-electron chi connectivity index (χ0n) is 15.6. The van der Waals surface area contributed by atoms with E-state index < -0.39 is 0 Å². The van der Waals surface area contributed by atoms with Crippen LogP contribution in [0.4, 0.5) is 0 Å². The summed E-state index contributed by atoms with van der Waals surface area (Å²) in [4.78, 5) is 9.78. The molecule has 0 atom stereocenters. The van der Waals surface area contributed by atoms with E-state index in [0.717, 1.165) is 43.9 Å². The monoisotopic (exact) mass is 392 g/mol. The Kier molecular flexibility index (Phi) is 4.55. The molecule has 0 saturated carbocycles. The maximum absolute atomic E-state index is 6.44. The van der Waals surface area contributed by atoms with Crippen LogP contribution >= 0.6 is 11.6 Å². The van der Waals surface area contributed by atoms with Gasteiger partial charge in [-0.05, 0) is 17.5 Å². The van der Waals surface area contributed by atoms with E-state index in [4.69, 9.17) is 21.6 Å². The van der Waals surface area contributed by atoms with Crippen LogP contribution in [0.3, 0.4) is 0 Å². The van der Waals surface area contributed by atoms with E-state index in [1.54, 1.807) is 0 Å². The average molecular weight is 393 g/mol. The first-order valence-corrected chi connectivity index (χ1v) is 9.85. The third kappa shape index (κ3) is 3.39. The molecule has 0 N–H and O–H groups in total. The summed E-state index contributed by atoms with van der Waals surface area (Å²) in [6.07, 6.45) is 0. The standard InChI is InChI=1S/C26H17ClN2/c27-23-16-8-13-20-21(23)14-7-15-22(20)25-17-24(18-9-3-1-4-10-18)28-26(29-25)19-11-5-2-6-12-19/h1-17H. The Bertz CT molecular complexity index is 1240. The fourth-order valence-corrected chi connectivity index (χ4v) is 3.79. The lowest BCUT2D eigenvalue weighted by molar-refractivity contribution is 1.18. The molecule has 0 fully saturated rings. The highest BCUT2D eigenvalue weighted by Gasteiger charge is 2.13. The summed E-state index contributed by atoms with van der Waals surface area (Å²) >= 11 is 6.44. The smallest absolute Gasteiger partial charge is 0.160 e. The second-order valence-electron chi connectivity index (χ2n) is 6.83. The second kappa shape index (κ2) is 7.50. The third-order valence-electron chi connectivity index (χ3n) is 4.97. The number of halogens is 1. The van der Waals surface area contributed by atoms with Crippen LogP contribution in [0, 0.1) is 0 Å². The van der Waals surface area contributed by atoms with Gasteiger partial charge in [-0.3, -0.25) is 0 Å². The molecule has 0 amide bonds. The summed E-state index contributed by atoms with van der Waals surface area (Å²) in [5.74, 6) is 0.709. The summed E-state index contributed by atoms with van der Waals surface area (Å²) in [6.45, 7) is 0. The van der Waals surface area contributed by atoms with Crippen molar-refractivity contribution in [2.24, 2.45) is 0 Å². The highest BCUT2D eigenvalue weighted by Crippen LogP contribution is 2.34. The summed E-state index contributed by atoms with van der Waals surface area (Å²) < 4.78 is 0. The molecule has 5 aromatic rings. The molecule has 0 aliphatic carbocycles. The minimum atomic E-state index is 0.709. The lowest BCUT2D eigenvalue weighted by Gasteiger charge is -2.11. The van der Waals surface area contributed by atoms with Crippen LogP contribution in [-0.2, 0) is 0 Å². The van der Waals surface area contributed by atoms with Crippen LogP contribution in [0.1, 0.15) is 0 Å². The molecule has 0 aliphatic rings. The van der Waals surface area contributed by atoms with Crippen molar-refractivity contribution in [2.75, 3.05) is 0 Å². The zero-order valence-corrected chi connectivity index (χ0v) is 16.3. The van der Waals surface area contributed by atoms with E-state index >= 15 is 0 Å². The van der Waals surface area contributed by atoms with E-state index in [1.165, 1.54) is 0 Å². The molecule has 5 rings (SSSR count). The van der Waals surface area contributed by atoms with E-state index in [0.29, 0.717) is 5.82 Å². The Morgan fingerprint density at radius 2 is 1.14 bits per heavy atom. The first-order valence-electron chi connectivity index (χ1n) is 9.47. The Morgan fingerprint density at radius 3 is 1.90 bits per heavy atom. The molecule has 29 heavy (non-hydrogen) atoms. The number of rotatable bonds is 3. The van der Waals surface area contributed by atoms with Gasteiger partial charge in [0.15, 0.2) is 5.82 Å². The Balaban J connectivity index is 1.78. The molecular formula is C26H17ClN2. The summed E-state index contributed by atoms with van der Waals surface area (Å²) in [5, 5.41) is 2.84. The molecule has 0 spiro atoms. The zero-order chi connectivity index (χ0) is 19.6. The first kappa shape index (κ1) is 17.6. The summed E-state index contributed by atoms with van der Waals surface area (Å²) in [5.41, 5.74) is 4.87. The maximum atomic E-state index is 6.44. The van der Waals surface area contributed by atoms with Crippen molar-refractivity contribution >= 4 is 22.4 Å². The minimum Gasteiger partial charge on any atom is -0.228 e. The van der Waals surface area contributed by atoms with Crippen LogP contribution in [0.15, 0.2) is 103 Å². The van der Waals surface area contributed by atoms with Gasteiger partial charge in [-0.1, -0.05) is 103 Å². The topological polar surface area (TPSA) is 25.8 Å². The lowest BCUT2D eigenvalue weighted by Crippen LogP contribution is -1.96. The van der Waals surface area contributed by atoms with Crippen LogP contribution in [0.2, 0.25) is 5.02 Å². The largest absolute Gasteiger partial charge is 0.228 e. The molecule has 3 heteroatoms. The molecule has 4 aromatic carbocycles. The molecule has 0 unspecified atom stereocenters. The molecule has 0 bridgehead atoms. The first-order chi connectivity index (χ1) is 14.3. The van der Waals surface area contributed by atoms with Gasteiger partial charge >= 0.3 is 0 Å². The molecule has 1 aromatic heterocycles. The molecule has 0 radical (unpaired) electrons. The summed E-state index contributed by atoms with van der Waals surface area (Å²) in [7, 11) is 0. The van der Waals surface area contributed by atoms with E-state index in [-0.39, 0.29) is 0 Å². The van der Waals surface area contributed by atoms with Crippen LogP contribution in [0.5, 0.6) is 0 Å². The van der Waals surface area contributed by atoms with Gasteiger partial charge in [0.2, 0.25) is 0 Å². The number of nitrogens with zero attached hydrogens (tertiary/aromatic N) is 2. The molecule has 138 valence electrons.